The van der Waals surface area contributed by atoms with Gasteiger partial charge < -0.3 is 18.7 Å². The lowest BCUT2D eigenvalue weighted by molar-refractivity contribution is 0.282. The second-order valence-corrected chi connectivity index (χ2v) is 16.2. The lowest BCUT2D eigenvalue weighted by Gasteiger charge is -2.29. The molecule has 1 unspecified atom stereocenters. The van der Waals surface area contributed by atoms with Crippen LogP contribution in [0.2, 0.25) is 0 Å². The fourth-order valence-electron chi connectivity index (χ4n) is 5.32. The molecule has 1 heterocycles. The number of nitrogens with zero attached hydrogens (tertiary/aromatic N) is 1. The Morgan fingerprint density at radius 1 is 0.818 bits per heavy atom. The first-order chi connectivity index (χ1) is 20.8. The topological polar surface area (TPSA) is 68.2 Å². The molecule has 0 aromatic heterocycles. The van der Waals surface area contributed by atoms with Crippen LogP contribution in [0.3, 0.4) is 0 Å². The third-order valence-corrected chi connectivity index (χ3v) is 9.44. The second-order valence-electron chi connectivity index (χ2n) is 14.0. The van der Waals surface area contributed by atoms with Gasteiger partial charge in [-0.3, -0.25) is 4.89 Å². The second kappa shape index (κ2) is 17.0. The maximum Gasteiger partial charge on any atom is 0.584 e. The standard InChI is InChI=1S/C36H56NO5PS/c1-8-9-10-11-12-13-14-15-16-17-22-40-33-26-34(32(36(5,6)7)25-31(33)35(2,3)4)42-43(38,39)41-30-20-18-19-29(24-30)27-37-21-23-44-28-37/h18-21,23-26H,8-17,22,27-28H2,1-7H3,(H,38,39). The van der Waals surface area contributed by atoms with Gasteiger partial charge in [-0.2, -0.15) is 0 Å². The van der Waals surface area contributed by atoms with Crippen LogP contribution in [0.5, 0.6) is 17.2 Å². The molecule has 44 heavy (non-hydrogen) atoms. The lowest BCUT2D eigenvalue weighted by Crippen LogP contribution is -2.19. The predicted molar refractivity (Wildman–Crippen MR) is 186 cm³/mol. The van der Waals surface area contributed by atoms with Gasteiger partial charge in [0.1, 0.15) is 17.2 Å². The van der Waals surface area contributed by atoms with Crippen LogP contribution in [0.4, 0.5) is 0 Å². The molecule has 0 fully saturated rings. The van der Waals surface area contributed by atoms with Gasteiger partial charge in [-0.05, 0) is 46.4 Å². The molecule has 246 valence electrons. The van der Waals surface area contributed by atoms with Crippen LogP contribution in [0, 0.1) is 0 Å². The Bertz CT molecular complexity index is 1250. The summed E-state index contributed by atoms with van der Waals surface area (Å²) >= 11 is 1.74. The predicted octanol–water partition coefficient (Wildman–Crippen LogP) is 11.1. The highest BCUT2D eigenvalue weighted by Gasteiger charge is 2.32. The van der Waals surface area contributed by atoms with Crippen molar-refractivity contribution in [1.29, 1.82) is 0 Å². The van der Waals surface area contributed by atoms with Gasteiger partial charge in [0.05, 0.1) is 12.5 Å². The van der Waals surface area contributed by atoms with E-state index >= 15 is 0 Å². The molecule has 0 saturated heterocycles. The molecule has 0 aliphatic carbocycles. The molecular weight excluding hydrogens is 589 g/mol. The fraction of sp³-hybridized carbons (Fsp3) is 0.611. The van der Waals surface area contributed by atoms with Gasteiger partial charge in [0.15, 0.2) is 0 Å². The number of phosphoric acid groups is 1. The van der Waals surface area contributed by atoms with Crippen molar-refractivity contribution in [3.05, 3.63) is 64.7 Å². The smallest absolute Gasteiger partial charge is 0.493 e. The van der Waals surface area contributed by atoms with Crippen LogP contribution in [0.15, 0.2) is 48.0 Å². The first-order valence-electron chi connectivity index (χ1n) is 16.4. The molecule has 0 bridgehead atoms. The zero-order chi connectivity index (χ0) is 32.2. The average molecular weight is 646 g/mol. The minimum atomic E-state index is -4.51. The number of rotatable bonds is 18. The van der Waals surface area contributed by atoms with Crippen LogP contribution < -0.4 is 13.8 Å². The molecule has 2 aromatic rings. The van der Waals surface area contributed by atoms with E-state index < -0.39 is 7.82 Å². The number of hydrogen-bond donors (Lipinski definition) is 1. The third kappa shape index (κ3) is 12.4. The highest BCUT2D eigenvalue weighted by Crippen LogP contribution is 2.49. The Hall–Kier alpha value is -2.08. The van der Waals surface area contributed by atoms with E-state index in [0.29, 0.717) is 30.4 Å². The zero-order valence-corrected chi connectivity index (χ0v) is 29.9. The van der Waals surface area contributed by atoms with Crippen LogP contribution in [0.25, 0.3) is 0 Å². The molecule has 1 aliphatic rings. The summed E-state index contributed by atoms with van der Waals surface area (Å²) in [6, 6.07) is 11.1. The molecule has 0 saturated carbocycles. The van der Waals surface area contributed by atoms with Gasteiger partial charge >= 0.3 is 7.82 Å². The van der Waals surface area contributed by atoms with E-state index in [1.54, 1.807) is 30.0 Å². The fourth-order valence-corrected chi connectivity index (χ4v) is 6.85. The molecule has 6 nitrogen and oxygen atoms in total. The third-order valence-electron chi connectivity index (χ3n) is 7.78. The zero-order valence-electron chi connectivity index (χ0n) is 28.2. The van der Waals surface area contributed by atoms with Gasteiger partial charge in [-0.1, -0.05) is 118 Å². The Kier molecular flexibility index (Phi) is 14.1. The highest BCUT2D eigenvalue weighted by molar-refractivity contribution is 8.02. The molecule has 0 amide bonds. The minimum Gasteiger partial charge on any atom is -0.493 e. The van der Waals surface area contributed by atoms with Crippen molar-refractivity contribution in [3.63, 3.8) is 0 Å². The maximum absolute atomic E-state index is 13.4. The monoisotopic (exact) mass is 645 g/mol. The van der Waals surface area contributed by atoms with Crippen molar-refractivity contribution in [2.75, 3.05) is 12.5 Å². The van der Waals surface area contributed by atoms with Crippen LogP contribution in [0.1, 0.15) is 129 Å². The van der Waals surface area contributed by atoms with Crippen LogP contribution >= 0.6 is 19.6 Å². The SMILES string of the molecule is CCCCCCCCCCCCOc1cc(OP(=O)(O)Oc2cccc(CN3C=CSC3)c2)c(C(C)(C)C)cc1C(C)(C)C. The van der Waals surface area contributed by atoms with Gasteiger partial charge in [-0.15, -0.1) is 11.8 Å². The number of phosphoric ester groups is 1. The Balaban J connectivity index is 1.69. The molecule has 0 radical (unpaired) electrons. The van der Waals surface area contributed by atoms with Gasteiger partial charge in [0, 0.05) is 29.9 Å². The number of unbranched alkanes of at least 4 members (excludes halogenated alkanes) is 9. The Morgan fingerprint density at radius 3 is 2.02 bits per heavy atom. The van der Waals surface area contributed by atoms with Crippen LogP contribution in [-0.2, 0) is 21.9 Å². The molecule has 0 spiro atoms. The Labute approximate surface area is 271 Å². The van der Waals surface area contributed by atoms with E-state index in [4.69, 9.17) is 13.8 Å². The highest BCUT2D eigenvalue weighted by atomic mass is 32.2. The van der Waals surface area contributed by atoms with Crippen LogP contribution in [-0.4, -0.2) is 22.3 Å². The first-order valence-corrected chi connectivity index (χ1v) is 19.0. The molecule has 1 atom stereocenters. The molecule has 8 heteroatoms. The molecule has 1 aliphatic heterocycles. The maximum atomic E-state index is 13.4. The summed E-state index contributed by atoms with van der Waals surface area (Å²) < 4.78 is 31.2. The van der Waals surface area contributed by atoms with Crippen molar-refractivity contribution in [2.45, 2.75) is 130 Å². The summed E-state index contributed by atoms with van der Waals surface area (Å²) in [5.74, 6) is 2.18. The Morgan fingerprint density at radius 2 is 1.43 bits per heavy atom. The lowest BCUT2D eigenvalue weighted by atomic mass is 9.79. The number of benzene rings is 2. The van der Waals surface area contributed by atoms with E-state index in [9.17, 15) is 9.46 Å². The van der Waals surface area contributed by atoms with Gasteiger partial charge in [-0.25, -0.2) is 4.57 Å². The molecular formula is C36H56NO5PS. The van der Waals surface area contributed by atoms with Gasteiger partial charge in [0.2, 0.25) is 0 Å². The van der Waals surface area contributed by atoms with Crippen molar-refractivity contribution < 1.29 is 23.2 Å². The summed E-state index contributed by atoms with van der Waals surface area (Å²) in [6.07, 6.45) is 14.7. The van der Waals surface area contributed by atoms with E-state index in [1.165, 1.54) is 51.4 Å². The summed E-state index contributed by atoms with van der Waals surface area (Å²) in [6.45, 7) is 16.2. The number of thioether (sulfide) groups is 1. The van der Waals surface area contributed by atoms with E-state index in [0.717, 1.165) is 35.4 Å². The number of ether oxygens (including phenoxy) is 1. The van der Waals surface area contributed by atoms with Crippen molar-refractivity contribution in [3.8, 4) is 17.2 Å². The number of hydrogen-bond acceptors (Lipinski definition) is 6. The average Bonchev–Trinajstić information content (AvgIpc) is 3.43. The minimum absolute atomic E-state index is 0.186. The van der Waals surface area contributed by atoms with Crippen molar-refractivity contribution in [1.82, 2.24) is 4.90 Å². The van der Waals surface area contributed by atoms with E-state index in [-0.39, 0.29) is 10.8 Å². The molecule has 3 rings (SSSR count). The van der Waals surface area contributed by atoms with E-state index in [2.05, 4.69) is 64.8 Å². The largest absolute Gasteiger partial charge is 0.584 e. The summed E-state index contributed by atoms with van der Waals surface area (Å²) in [5.41, 5.74) is 2.35. The molecule has 1 N–H and O–H groups in total. The summed E-state index contributed by atoms with van der Waals surface area (Å²) in [7, 11) is -4.51. The quantitative estimate of drug-likeness (QED) is 0.128. The normalized spacial score (nSPS) is 15.0. The van der Waals surface area contributed by atoms with Gasteiger partial charge in [0.25, 0.3) is 0 Å². The van der Waals surface area contributed by atoms with Crippen molar-refractivity contribution >= 4 is 19.6 Å². The summed E-state index contributed by atoms with van der Waals surface area (Å²) in [5, 5.41) is 2.06. The van der Waals surface area contributed by atoms with E-state index in [1.807, 2.05) is 18.3 Å². The summed E-state index contributed by atoms with van der Waals surface area (Å²) in [4.78, 5) is 13.1. The van der Waals surface area contributed by atoms with Crippen molar-refractivity contribution in [2.24, 2.45) is 0 Å². The molecule has 2 aromatic carbocycles. The first kappa shape index (κ1) is 36.4.